The Hall–Kier alpha value is -2.18. The maximum Gasteiger partial charge on any atom is 0.305 e. The Bertz CT molecular complexity index is 1270. The highest BCUT2D eigenvalue weighted by atomic mass is 16.5. The molecule has 0 aliphatic heterocycles. The van der Waals surface area contributed by atoms with E-state index in [0.29, 0.717) is 19.4 Å². The predicted molar refractivity (Wildman–Crippen MR) is 333 cm³/mol. The van der Waals surface area contributed by atoms with E-state index >= 15 is 0 Å². The average Bonchev–Trinajstić information content (AvgIpc) is 3.42. The number of aliphatic hydroxyl groups is 2. The SMILES string of the molecule is CCC/C=C\C/C=C\CCCCCCCC(=O)OCCCCCCCCCCCCCCCC/C=C\CCCCCCCCCCCCCCCCCCCC(=O)NC(CO)C(O)/C=C/CCCCCCCCCCC. The Morgan fingerprint density at radius 1 is 0.368 bits per heavy atom. The molecule has 0 spiro atoms. The van der Waals surface area contributed by atoms with Gasteiger partial charge >= 0.3 is 5.97 Å². The van der Waals surface area contributed by atoms with Crippen LogP contribution in [0.4, 0.5) is 0 Å². The van der Waals surface area contributed by atoms with Crippen molar-refractivity contribution in [2.45, 2.75) is 373 Å². The lowest BCUT2D eigenvalue weighted by atomic mass is 10.0. The Morgan fingerprint density at radius 3 is 1.07 bits per heavy atom. The molecule has 1 amide bonds. The van der Waals surface area contributed by atoms with E-state index in [1.165, 1.54) is 283 Å². The van der Waals surface area contributed by atoms with Gasteiger partial charge in [-0.2, -0.15) is 0 Å². The largest absolute Gasteiger partial charge is 0.466 e. The third-order valence-electron chi connectivity index (χ3n) is 15.5. The number of hydrogen-bond donors (Lipinski definition) is 3. The molecule has 0 rings (SSSR count). The number of hydrogen-bond acceptors (Lipinski definition) is 5. The van der Waals surface area contributed by atoms with Gasteiger partial charge in [0.25, 0.3) is 0 Å². The van der Waals surface area contributed by atoms with Crippen LogP contribution in [0.3, 0.4) is 0 Å². The third kappa shape index (κ3) is 61.0. The summed E-state index contributed by atoms with van der Waals surface area (Å²) in [6, 6.07) is -0.624. The zero-order valence-corrected chi connectivity index (χ0v) is 51.0. The van der Waals surface area contributed by atoms with Gasteiger partial charge < -0.3 is 20.3 Å². The van der Waals surface area contributed by atoms with Gasteiger partial charge in [-0.3, -0.25) is 9.59 Å². The van der Waals surface area contributed by atoms with Gasteiger partial charge in [0.15, 0.2) is 0 Å². The number of amides is 1. The first-order valence-corrected chi connectivity index (χ1v) is 33.9. The fourth-order valence-electron chi connectivity index (χ4n) is 10.4. The van der Waals surface area contributed by atoms with Gasteiger partial charge in [-0.15, -0.1) is 0 Å². The topological polar surface area (TPSA) is 95.9 Å². The molecule has 0 bridgehead atoms. The maximum absolute atomic E-state index is 12.4. The summed E-state index contributed by atoms with van der Waals surface area (Å²) in [4.78, 5) is 24.5. The quantitative estimate of drug-likeness (QED) is 0.0320. The van der Waals surface area contributed by atoms with Crippen LogP contribution in [0, 0.1) is 0 Å². The van der Waals surface area contributed by atoms with Gasteiger partial charge in [0.05, 0.1) is 25.4 Å². The molecule has 446 valence electrons. The molecule has 0 fully saturated rings. The number of aliphatic hydroxyl groups excluding tert-OH is 2. The van der Waals surface area contributed by atoms with E-state index in [4.69, 9.17) is 4.74 Å². The van der Waals surface area contributed by atoms with E-state index in [9.17, 15) is 19.8 Å². The molecule has 0 aromatic carbocycles. The lowest BCUT2D eigenvalue weighted by Crippen LogP contribution is -2.45. The van der Waals surface area contributed by atoms with Crippen LogP contribution in [0.1, 0.15) is 361 Å². The maximum atomic E-state index is 12.4. The number of allylic oxidation sites excluding steroid dienone is 7. The molecular formula is C70H131NO5. The molecule has 0 aromatic rings. The number of esters is 1. The summed E-state index contributed by atoms with van der Waals surface area (Å²) in [6.45, 7) is 4.84. The third-order valence-corrected chi connectivity index (χ3v) is 15.5. The van der Waals surface area contributed by atoms with Crippen molar-refractivity contribution in [2.75, 3.05) is 13.2 Å². The van der Waals surface area contributed by atoms with Crippen LogP contribution in [0.5, 0.6) is 0 Å². The summed E-state index contributed by atoms with van der Waals surface area (Å²) < 4.78 is 5.47. The van der Waals surface area contributed by atoms with E-state index in [1.807, 2.05) is 6.08 Å². The van der Waals surface area contributed by atoms with Crippen molar-refractivity contribution in [1.29, 1.82) is 0 Å². The summed E-state index contributed by atoms with van der Waals surface area (Å²) in [5, 5.41) is 23.0. The molecule has 0 aromatic heterocycles. The molecule has 3 N–H and O–H groups in total. The molecule has 6 heteroatoms. The zero-order chi connectivity index (χ0) is 55.0. The Morgan fingerprint density at radius 2 is 0.684 bits per heavy atom. The lowest BCUT2D eigenvalue weighted by molar-refractivity contribution is -0.143. The van der Waals surface area contributed by atoms with Crippen LogP contribution in [-0.4, -0.2) is 47.4 Å². The van der Waals surface area contributed by atoms with Crippen molar-refractivity contribution < 1.29 is 24.5 Å². The van der Waals surface area contributed by atoms with Crippen LogP contribution in [-0.2, 0) is 14.3 Å². The lowest BCUT2D eigenvalue weighted by Gasteiger charge is -2.20. The number of carbonyl (C=O) groups excluding carboxylic acids is 2. The fourth-order valence-corrected chi connectivity index (χ4v) is 10.4. The van der Waals surface area contributed by atoms with Crippen molar-refractivity contribution >= 4 is 11.9 Å². The molecule has 0 aliphatic carbocycles. The van der Waals surface area contributed by atoms with Crippen molar-refractivity contribution in [3.8, 4) is 0 Å². The fraction of sp³-hybridized carbons (Fsp3) is 0.857. The van der Waals surface area contributed by atoms with Crippen LogP contribution in [0.25, 0.3) is 0 Å². The van der Waals surface area contributed by atoms with Crippen LogP contribution < -0.4 is 5.32 Å². The highest BCUT2D eigenvalue weighted by molar-refractivity contribution is 5.76. The van der Waals surface area contributed by atoms with E-state index in [1.54, 1.807) is 6.08 Å². The Labute approximate surface area is 474 Å². The summed E-state index contributed by atoms with van der Waals surface area (Å²) in [6.07, 6.45) is 84.9. The molecule has 0 aliphatic rings. The van der Waals surface area contributed by atoms with E-state index < -0.39 is 12.1 Å². The summed E-state index contributed by atoms with van der Waals surface area (Å²) in [5.74, 6) is -0.0605. The van der Waals surface area contributed by atoms with Crippen LogP contribution in [0.2, 0.25) is 0 Å². The van der Waals surface area contributed by atoms with Gasteiger partial charge in [0, 0.05) is 12.8 Å². The minimum absolute atomic E-state index is 0.00433. The zero-order valence-electron chi connectivity index (χ0n) is 51.0. The molecule has 2 unspecified atom stereocenters. The minimum Gasteiger partial charge on any atom is -0.466 e. The number of unbranched alkanes of at least 4 members (excludes halogenated alkanes) is 46. The molecule has 76 heavy (non-hydrogen) atoms. The number of ether oxygens (including phenoxy) is 1. The average molecular weight is 1070 g/mol. The Kier molecular flexibility index (Phi) is 63.5. The molecule has 0 radical (unpaired) electrons. The number of carbonyl (C=O) groups is 2. The molecule has 0 heterocycles. The van der Waals surface area contributed by atoms with E-state index in [2.05, 4.69) is 55.6 Å². The van der Waals surface area contributed by atoms with E-state index in [-0.39, 0.29) is 18.5 Å². The summed E-state index contributed by atoms with van der Waals surface area (Å²) >= 11 is 0. The molecule has 6 nitrogen and oxygen atoms in total. The normalized spacial score (nSPS) is 12.8. The van der Waals surface area contributed by atoms with Crippen LogP contribution in [0.15, 0.2) is 48.6 Å². The number of rotatable bonds is 63. The molecule has 2 atom stereocenters. The van der Waals surface area contributed by atoms with Crippen molar-refractivity contribution in [3.05, 3.63) is 48.6 Å². The first-order chi connectivity index (χ1) is 37.5. The second kappa shape index (κ2) is 65.3. The minimum atomic E-state index is -0.840. The first kappa shape index (κ1) is 73.8. The van der Waals surface area contributed by atoms with Gasteiger partial charge in [0.2, 0.25) is 5.91 Å². The van der Waals surface area contributed by atoms with Gasteiger partial charge in [-0.1, -0.05) is 313 Å². The van der Waals surface area contributed by atoms with E-state index in [0.717, 1.165) is 51.4 Å². The molecular weight excluding hydrogens is 935 g/mol. The molecule has 0 saturated heterocycles. The van der Waals surface area contributed by atoms with Crippen molar-refractivity contribution in [1.82, 2.24) is 5.32 Å². The summed E-state index contributed by atoms with van der Waals surface area (Å²) in [7, 11) is 0. The highest BCUT2D eigenvalue weighted by Gasteiger charge is 2.18. The number of nitrogens with one attached hydrogen (secondary N) is 1. The van der Waals surface area contributed by atoms with Crippen molar-refractivity contribution in [2.24, 2.45) is 0 Å². The second-order valence-electron chi connectivity index (χ2n) is 23.1. The standard InChI is InChI=1S/C70H131NO5/c1-3-5-7-9-11-13-15-39-44-48-52-56-60-64-70(75)76-65-61-57-53-49-45-41-38-36-34-32-30-28-26-24-22-20-18-16-17-19-21-23-25-27-29-31-33-35-37-40-43-47-51-55-59-63-69(74)71-67(66-72)68(73)62-58-54-50-46-42-14-12-10-8-6-4-2/h7,9,13,15,18,20,58,62,67-68,72-73H,3-6,8,10-12,14,16-17,19,21-57,59-61,63-66H2,1-2H3,(H,71,74)/b9-7-,15-13-,20-18-,62-58+. The monoisotopic (exact) mass is 1070 g/mol. The van der Waals surface area contributed by atoms with Gasteiger partial charge in [-0.05, 0) is 83.5 Å². The summed E-state index contributed by atoms with van der Waals surface area (Å²) in [5.41, 5.74) is 0. The first-order valence-electron chi connectivity index (χ1n) is 33.9. The smallest absolute Gasteiger partial charge is 0.305 e. The predicted octanol–water partition coefficient (Wildman–Crippen LogP) is 21.7. The van der Waals surface area contributed by atoms with Crippen molar-refractivity contribution in [3.63, 3.8) is 0 Å². The van der Waals surface area contributed by atoms with Gasteiger partial charge in [-0.25, -0.2) is 0 Å². The Balaban J connectivity index is 3.34. The highest BCUT2D eigenvalue weighted by Crippen LogP contribution is 2.18. The van der Waals surface area contributed by atoms with Gasteiger partial charge in [0.1, 0.15) is 0 Å². The second-order valence-corrected chi connectivity index (χ2v) is 23.1. The van der Waals surface area contributed by atoms with Crippen LogP contribution >= 0.6 is 0 Å². The molecule has 0 saturated carbocycles.